The molecule has 5 heteroatoms. The van der Waals surface area contributed by atoms with Crippen LogP contribution in [-0.2, 0) is 9.59 Å². The van der Waals surface area contributed by atoms with Crippen molar-refractivity contribution in [3.8, 4) is 0 Å². The van der Waals surface area contributed by atoms with E-state index in [-0.39, 0.29) is 18.4 Å². The van der Waals surface area contributed by atoms with Gasteiger partial charge in [0.2, 0.25) is 11.8 Å². The second-order valence-corrected chi connectivity index (χ2v) is 7.61. The first-order valence-corrected chi connectivity index (χ1v) is 9.22. The highest BCUT2D eigenvalue weighted by Crippen LogP contribution is 2.36. The summed E-state index contributed by atoms with van der Waals surface area (Å²) in [6.07, 6.45) is 5.27. The van der Waals surface area contributed by atoms with Crippen LogP contribution in [0.25, 0.3) is 0 Å². The highest BCUT2D eigenvalue weighted by molar-refractivity contribution is 5.86. The second kappa shape index (κ2) is 8.13. The van der Waals surface area contributed by atoms with Crippen molar-refractivity contribution in [2.75, 3.05) is 19.6 Å². The standard InChI is InChI=1S/C18H33N3O2/c1-13(2)20(14(3)4)10-9-19-17(22)12-21-16-8-6-5-7-15(16)11-18(21)23/h13-16H,5-12H2,1-4H3,(H,19,22). The first-order chi connectivity index (χ1) is 10.9. The molecular weight excluding hydrogens is 290 g/mol. The summed E-state index contributed by atoms with van der Waals surface area (Å²) >= 11 is 0. The fourth-order valence-electron chi connectivity index (χ4n) is 4.22. The maximum atomic E-state index is 12.2. The Morgan fingerprint density at radius 3 is 2.52 bits per heavy atom. The van der Waals surface area contributed by atoms with Gasteiger partial charge >= 0.3 is 0 Å². The van der Waals surface area contributed by atoms with Crippen LogP contribution in [0.15, 0.2) is 0 Å². The van der Waals surface area contributed by atoms with Crippen LogP contribution in [0.1, 0.15) is 59.8 Å². The van der Waals surface area contributed by atoms with E-state index < -0.39 is 0 Å². The Morgan fingerprint density at radius 2 is 1.87 bits per heavy atom. The smallest absolute Gasteiger partial charge is 0.239 e. The Kier molecular flexibility index (Phi) is 6.45. The van der Waals surface area contributed by atoms with Crippen LogP contribution < -0.4 is 5.32 Å². The molecule has 2 rings (SSSR count). The fourth-order valence-corrected chi connectivity index (χ4v) is 4.22. The minimum atomic E-state index is -0.0166. The average molecular weight is 323 g/mol. The molecule has 0 aromatic rings. The number of nitrogens with one attached hydrogen (secondary N) is 1. The molecule has 0 bridgehead atoms. The van der Waals surface area contributed by atoms with Gasteiger partial charge in [0.05, 0.1) is 6.54 Å². The summed E-state index contributed by atoms with van der Waals surface area (Å²) in [6.45, 7) is 10.4. The van der Waals surface area contributed by atoms with E-state index in [1.165, 1.54) is 12.8 Å². The van der Waals surface area contributed by atoms with Crippen LogP contribution in [0.2, 0.25) is 0 Å². The summed E-state index contributed by atoms with van der Waals surface area (Å²) in [7, 11) is 0. The molecule has 1 heterocycles. The van der Waals surface area contributed by atoms with Crippen LogP contribution in [-0.4, -0.2) is 59.4 Å². The van der Waals surface area contributed by atoms with E-state index in [1.807, 2.05) is 4.90 Å². The summed E-state index contributed by atoms with van der Waals surface area (Å²) in [6, 6.07) is 1.25. The zero-order valence-electron chi connectivity index (χ0n) is 15.2. The zero-order chi connectivity index (χ0) is 17.0. The molecule has 0 spiro atoms. The molecule has 0 aromatic carbocycles. The Morgan fingerprint density at radius 1 is 1.22 bits per heavy atom. The van der Waals surface area contributed by atoms with E-state index in [0.29, 0.717) is 37.0 Å². The molecule has 23 heavy (non-hydrogen) atoms. The molecule has 1 saturated carbocycles. The topological polar surface area (TPSA) is 52.7 Å². The van der Waals surface area contributed by atoms with Gasteiger partial charge in [-0.1, -0.05) is 12.8 Å². The number of nitrogens with zero attached hydrogens (tertiary/aromatic N) is 2. The van der Waals surface area contributed by atoms with E-state index in [2.05, 4.69) is 37.9 Å². The van der Waals surface area contributed by atoms with Crippen LogP contribution in [0.3, 0.4) is 0 Å². The molecule has 132 valence electrons. The van der Waals surface area contributed by atoms with Crippen molar-refractivity contribution in [2.24, 2.45) is 5.92 Å². The van der Waals surface area contributed by atoms with E-state index >= 15 is 0 Å². The molecule has 2 aliphatic rings. The van der Waals surface area contributed by atoms with Crippen molar-refractivity contribution in [1.82, 2.24) is 15.1 Å². The molecule has 5 nitrogen and oxygen atoms in total. The number of carbonyl (C=O) groups is 2. The third-order valence-corrected chi connectivity index (χ3v) is 5.36. The van der Waals surface area contributed by atoms with Gasteiger partial charge in [-0.2, -0.15) is 0 Å². The van der Waals surface area contributed by atoms with Gasteiger partial charge in [-0.3, -0.25) is 14.5 Å². The molecular formula is C18H33N3O2. The Balaban J connectivity index is 1.77. The Hall–Kier alpha value is -1.10. The van der Waals surface area contributed by atoms with Gasteiger partial charge < -0.3 is 10.2 Å². The van der Waals surface area contributed by atoms with Crippen LogP contribution in [0.4, 0.5) is 0 Å². The quantitative estimate of drug-likeness (QED) is 0.780. The van der Waals surface area contributed by atoms with Gasteiger partial charge in [-0.05, 0) is 46.5 Å². The number of rotatable bonds is 7. The van der Waals surface area contributed by atoms with Crippen LogP contribution in [0.5, 0.6) is 0 Å². The lowest BCUT2D eigenvalue weighted by molar-refractivity contribution is -0.134. The summed E-state index contributed by atoms with van der Waals surface area (Å²) in [5.74, 6) is 0.640. The Labute approximate surface area is 140 Å². The highest BCUT2D eigenvalue weighted by atomic mass is 16.2. The predicted octanol–water partition coefficient (Wildman–Crippen LogP) is 2.01. The molecule has 2 atom stereocenters. The Bertz CT molecular complexity index is 414. The third kappa shape index (κ3) is 4.69. The summed E-state index contributed by atoms with van der Waals surface area (Å²) < 4.78 is 0. The van der Waals surface area contributed by atoms with Gasteiger partial charge in [0.1, 0.15) is 0 Å². The number of carbonyl (C=O) groups excluding carboxylic acids is 2. The summed E-state index contributed by atoms with van der Waals surface area (Å²) in [5, 5.41) is 2.99. The molecule has 0 aromatic heterocycles. The number of likely N-dealkylation sites (tertiary alicyclic amines) is 1. The van der Waals surface area contributed by atoms with Crippen molar-refractivity contribution in [3.05, 3.63) is 0 Å². The molecule has 1 saturated heterocycles. The van der Waals surface area contributed by atoms with Gasteiger partial charge in [0.15, 0.2) is 0 Å². The van der Waals surface area contributed by atoms with Crippen molar-refractivity contribution < 1.29 is 9.59 Å². The van der Waals surface area contributed by atoms with Gasteiger partial charge in [0.25, 0.3) is 0 Å². The number of hydrogen-bond acceptors (Lipinski definition) is 3. The summed E-state index contributed by atoms with van der Waals surface area (Å²) in [4.78, 5) is 28.6. The van der Waals surface area contributed by atoms with Crippen LogP contribution >= 0.6 is 0 Å². The van der Waals surface area contributed by atoms with E-state index in [4.69, 9.17) is 0 Å². The van der Waals surface area contributed by atoms with Crippen LogP contribution in [0, 0.1) is 5.92 Å². The third-order valence-electron chi connectivity index (χ3n) is 5.36. The molecule has 2 amide bonds. The lowest BCUT2D eigenvalue weighted by Crippen LogP contribution is -2.46. The molecule has 1 N–H and O–H groups in total. The van der Waals surface area contributed by atoms with Crippen molar-refractivity contribution in [2.45, 2.75) is 77.9 Å². The number of hydrogen-bond donors (Lipinski definition) is 1. The molecule has 1 aliphatic carbocycles. The lowest BCUT2D eigenvalue weighted by atomic mass is 9.85. The normalized spacial score (nSPS) is 24.7. The number of amides is 2. The fraction of sp³-hybridized carbons (Fsp3) is 0.889. The average Bonchev–Trinajstić information content (AvgIpc) is 2.79. The maximum Gasteiger partial charge on any atom is 0.239 e. The van der Waals surface area contributed by atoms with E-state index in [1.54, 1.807) is 0 Å². The lowest BCUT2D eigenvalue weighted by Gasteiger charge is -2.32. The SMILES string of the molecule is CC(C)N(CCNC(=O)CN1C(=O)CC2CCCCC21)C(C)C. The largest absolute Gasteiger partial charge is 0.353 e. The molecule has 0 radical (unpaired) electrons. The first kappa shape index (κ1) is 18.2. The van der Waals surface area contributed by atoms with Crippen molar-refractivity contribution in [3.63, 3.8) is 0 Å². The molecule has 1 aliphatic heterocycles. The molecule has 2 unspecified atom stereocenters. The minimum Gasteiger partial charge on any atom is -0.353 e. The number of fused-ring (bicyclic) bond motifs is 1. The van der Waals surface area contributed by atoms with Crippen molar-refractivity contribution >= 4 is 11.8 Å². The maximum absolute atomic E-state index is 12.2. The predicted molar refractivity (Wildman–Crippen MR) is 92.1 cm³/mol. The zero-order valence-corrected chi connectivity index (χ0v) is 15.2. The molecule has 2 fully saturated rings. The second-order valence-electron chi connectivity index (χ2n) is 7.61. The minimum absolute atomic E-state index is 0.0166. The van der Waals surface area contributed by atoms with Gasteiger partial charge in [-0.15, -0.1) is 0 Å². The monoisotopic (exact) mass is 323 g/mol. The first-order valence-electron chi connectivity index (χ1n) is 9.22. The van der Waals surface area contributed by atoms with Crippen molar-refractivity contribution in [1.29, 1.82) is 0 Å². The summed E-state index contributed by atoms with van der Waals surface area (Å²) in [5.41, 5.74) is 0. The van der Waals surface area contributed by atoms with Gasteiger partial charge in [-0.25, -0.2) is 0 Å². The van der Waals surface area contributed by atoms with E-state index in [9.17, 15) is 9.59 Å². The van der Waals surface area contributed by atoms with Gasteiger partial charge in [0, 0.05) is 37.6 Å². The highest BCUT2D eigenvalue weighted by Gasteiger charge is 2.41. The van der Waals surface area contributed by atoms with E-state index in [0.717, 1.165) is 19.4 Å².